The van der Waals surface area contributed by atoms with Crippen LogP contribution in [-0.2, 0) is 0 Å². The zero-order valence-corrected chi connectivity index (χ0v) is 23.5. The number of aromatic amines is 1. The van der Waals surface area contributed by atoms with Crippen LogP contribution in [0.15, 0.2) is 60.2 Å². The van der Waals surface area contributed by atoms with E-state index in [4.69, 9.17) is 4.42 Å². The normalized spacial score (nSPS) is 9.25. The fraction of sp³-hybridized carbons (Fsp3) is 0.333. The quantitative estimate of drug-likeness (QED) is 0.223. The van der Waals surface area contributed by atoms with Gasteiger partial charge >= 0.3 is 0 Å². The lowest BCUT2D eigenvalue weighted by Crippen LogP contribution is -1.74. The first-order chi connectivity index (χ1) is 17.6. The first kappa shape index (κ1) is 30.3. The lowest BCUT2D eigenvalue weighted by molar-refractivity contribution is 0.577. The van der Waals surface area contributed by atoms with Crippen LogP contribution in [0, 0.1) is 20.8 Å². The zero-order chi connectivity index (χ0) is 26.9. The van der Waals surface area contributed by atoms with Gasteiger partial charge in [0, 0.05) is 22.8 Å². The predicted molar refractivity (Wildman–Crippen MR) is 151 cm³/mol. The van der Waals surface area contributed by atoms with Crippen molar-refractivity contribution in [3.8, 4) is 0 Å². The Bertz CT molecular complexity index is 1130. The molecule has 0 fully saturated rings. The third kappa shape index (κ3) is 9.14. The summed E-state index contributed by atoms with van der Waals surface area (Å²) in [7, 11) is 0. The summed E-state index contributed by atoms with van der Waals surface area (Å²) in [5.74, 6) is 0.871. The maximum Gasteiger partial charge on any atom is 0.170 e. The minimum atomic E-state index is 0.750. The molecule has 36 heavy (non-hydrogen) atoms. The van der Waals surface area contributed by atoms with Crippen molar-refractivity contribution < 1.29 is 4.42 Å². The van der Waals surface area contributed by atoms with Crippen molar-refractivity contribution in [2.75, 3.05) is 0 Å². The molecule has 0 saturated heterocycles. The number of hydrogen-bond acceptors (Lipinski definition) is 8. The van der Waals surface area contributed by atoms with Crippen LogP contribution in [0.3, 0.4) is 0 Å². The molecule has 1 N–H and O–H groups in total. The summed E-state index contributed by atoms with van der Waals surface area (Å²) in [6.07, 6.45) is 9.92. The molecule has 6 heterocycles. The second-order valence-corrected chi connectivity index (χ2v) is 7.82. The molecule has 6 rings (SSSR count). The van der Waals surface area contributed by atoms with Crippen molar-refractivity contribution in [3.05, 3.63) is 72.1 Å². The molecule has 0 aliphatic carbocycles. The van der Waals surface area contributed by atoms with Crippen LogP contribution in [0.5, 0.6) is 0 Å². The molecule has 192 valence electrons. The van der Waals surface area contributed by atoms with Crippen LogP contribution in [0.25, 0.3) is 32.3 Å². The lowest BCUT2D eigenvalue weighted by atomic mass is 10.4. The van der Waals surface area contributed by atoms with E-state index in [1.54, 1.807) is 36.4 Å². The molecule has 0 bridgehead atoms. The van der Waals surface area contributed by atoms with Crippen LogP contribution in [0.2, 0.25) is 0 Å². The number of nitrogens with one attached hydrogen (secondary N) is 1. The molecular formula is C27H37N7OS. The van der Waals surface area contributed by atoms with Gasteiger partial charge in [0.1, 0.15) is 30.3 Å². The largest absolute Gasteiger partial charge is 0.458 e. The fourth-order valence-electron chi connectivity index (χ4n) is 2.82. The predicted octanol–water partition coefficient (Wildman–Crippen LogP) is 7.88. The Hall–Kier alpha value is -3.72. The average molecular weight is 508 g/mol. The van der Waals surface area contributed by atoms with Gasteiger partial charge in [-0.1, -0.05) is 41.5 Å². The van der Waals surface area contributed by atoms with Crippen molar-refractivity contribution in [2.45, 2.75) is 62.3 Å². The highest BCUT2D eigenvalue weighted by atomic mass is 32.1. The minimum absolute atomic E-state index is 0.750. The SMILES string of the molecule is CC.CC.CC.Cc1cc2ncncc2[nH]1.Cc1cc2ncncc2o1.Cc1cc2ncncc2s1. The summed E-state index contributed by atoms with van der Waals surface area (Å²) in [5.41, 5.74) is 5.77. The summed E-state index contributed by atoms with van der Waals surface area (Å²) in [6, 6.07) is 5.95. The number of aromatic nitrogens is 7. The van der Waals surface area contributed by atoms with E-state index >= 15 is 0 Å². The molecule has 0 saturated carbocycles. The van der Waals surface area contributed by atoms with E-state index in [1.807, 2.05) is 73.7 Å². The third-order valence-electron chi connectivity index (χ3n) is 4.07. The number of aryl methyl sites for hydroxylation is 3. The van der Waals surface area contributed by atoms with Gasteiger partial charge in [-0.05, 0) is 32.9 Å². The van der Waals surface area contributed by atoms with Crippen LogP contribution < -0.4 is 0 Å². The highest BCUT2D eigenvalue weighted by Gasteiger charge is 1.98. The highest BCUT2D eigenvalue weighted by Crippen LogP contribution is 2.21. The summed E-state index contributed by atoms with van der Waals surface area (Å²) in [4.78, 5) is 28.2. The Morgan fingerprint density at radius 2 is 1.25 bits per heavy atom. The smallest absolute Gasteiger partial charge is 0.170 e. The monoisotopic (exact) mass is 507 g/mol. The molecule has 0 amide bonds. The molecule has 0 unspecified atom stereocenters. The van der Waals surface area contributed by atoms with E-state index in [0.29, 0.717) is 0 Å². The molecule has 0 spiro atoms. The van der Waals surface area contributed by atoms with Crippen LogP contribution in [0.4, 0.5) is 0 Å². The molecule has 0 aliphatic heterocycles. The molecular weight excluding hydrogens is 470 g/mol. The van der Waals surface area contributed by atoms with Crippen LogP contribution in [0.1, 0.15) is 57.9 Å². The molecule has 8 nitrogen and oxygen atoms in total. The van der Waals surface area contributed by atoms with E-state index in [0.717, 1.165) is 39.1 Å². The average Bonchev–Trinajstić information content (AvgIpc) is 3.61. The van der Waals surface area contributed by atoms with Gasteiger partial charge in [0.2, 0.25) is 0 Å². The Morgan fingerprint density at radius 3 is 1.86 bits per heavy atom. The summed E-state index contributed by atoms with van der Waals surface area (Å²) in [6.45, 7) is 18.0. The summed E-state index contributed by atoms with van der Waals surface area (Å²) < 4.78 is 6.41. The number of hydrogen-bond donors (Lipinski definition) is 1. The second-order valence-electron chi connectivity index (χ2n) is 6.53. The van der Waals surface area contributed by atoms with Crippen molar-refractivity contribution in [1.29, 1.82) is 0 Å². The van der Waals surface area contributed by atoms with E-state index < -0.39 is 0 Å². The van der Waals surface area contributed by atoms with Crippen molar-refractivity contribution in [3.63, 3.8) is 0 Å². The number of nitrogens with zero attached hydrogens (tertiary/aromatic N) is 6. The Balaban J connectivity index is 0.000000244. The highest BCUT2D eigenvalue weighted by molar-refractivity contribution is 7.18. The standard InChI is InChI=1S/C7H7N3.C7H6N2O.C7H6N2S.3C2H6/c3*1-5-2-6-7(10-5)3-8-4-9-6;3*1-2/h2-4,10H,1H3;2*2-4H,1H3;3*1-2H3. The van der Waals surface area contributed by atoms with Crippen molar-refractivity contribution in [1.82, 2.24) is 34.9 Å². The molecule has 6 aromatic heterocycles. The molecule has 0 aliphatic rings. The lowest BCUT2D eigenvalue weighted by Gasteiger charge is -1.82. The summed E-state index contributed by atoms with van der Waals surface area (Å²) >= 11 is 1.73. The van der Waals surface area contributed by atoms with Crippen LogP contribution >= 0.6 is 11.3 Å². The van der Waals surface area contributed by atoms with E-state index in [1.165, 1.54) is 15.9 Å². The minimum Gasteiger partial charge on any atom is -0.458 e. The van der Waals surface area contributed by atoms with E-state index in [2.05, 4.69) is 47.9 Å². The number of furan rings is 1. The number of fused-ring (bicyclic) bond motifs is 3. The van der Waals surface area contributed by atoms with Gasteiger partial charge in [-0.15, -0.1) is 11.3 Å². The molecule has 9 heteroatoms. The Labute approximate surface area is 217 Å². The molecule has 6 aromatic rings. The van der Waals surface area contributed by atoms with Gasteiger partial charge in [-0.2, -0.15) is 0 Å². The van der Waals surface area contributed by atoms with Crippen LogP contribution in [-0.4, -0.2) is 34.9 Å². The van der Waals surface area contributed by atoms with Crippen molar-refractivity contribution in [2.24, 2.45) is 0 Å². The topological polar surface area (TPSA) is 106 Å². The second kappa shape index (κ2) is 16.8. The van der Waals surface area contributed by atoms with Gasteiger partial charge < -0.3 is 9.40 Å². The van der Waals surface area contributed by atoms with E-state index in [-0.39, 0.29) is 0 Å². The summed E-state index contributed by atoms with van der Waals surface area (Å²) in [5, 5.41) is 0. The number of rotatable bonds is 0. The van der Waals surface area contributed by atoms with Gasteiger partial charge in [-0.25, -0.2) is 29.9 Å². The number of thiophene rings is 1. The van der Waals surface area contributed by atoms with Gasteiger partial charge in [-0.3, -0.25) is 0 Å². The maximum absolute atomic E-state index is 5.24. The van der Waals surface area contributed by atoms with Crippen molar-refractivity contribution >= 4 is 43.7 Å². The molecule has 0 radical (unpaired) electrons. The van der Waals surface area contributed by atoms with Gasteiger partial charge in [0.25, 0.3) is 0 Å². The Morgan fingerprint density at radius 1 is 0.667 bits per heavy atom. The van der Waals surface area contributed by atoms with E-state index in [9.17, 15) is 0 Å². The number of H-pyrrole nitrogens is 1. The first-order valence-corrected chi connectivity index (χ1v) is 13.0. The molecule has 0 atom stereocenters. The maximum atomic E-state index is 5.24. The molecule has 0 aromatic carbocycles. The van der Waals surface area contributed by atoms with Gasteiger partial charge in [0.05, 0.1) is 33.6 Å². The Kier molecular flexibility index (Phi) is 14.2. The first-order valence-electron chi connectivity index (χ1n) is 12.2. The third-order valence-corrected chi connectivity index (χ3v) is 5.04. The zero-order valence-electron chi connectivity index (χ0n) is 22.7. The van der Waals surface area contributed by atoms with Gasteiger partial charge in [0.15, 0.2) is 5.58 Å². The fourth-order valence-corrected chi connectivity index (χ4v) is 3.67.